The maximum atomic E-state index is 11.2. The molecule has 1 aromatic heterocycles. The summed E-state index contributed by atoms with van der Waals surface area (Å²) in [6.07, 6.45) is 1.84. The van der Waals surface area contributed by atoms with Crippen LogP contribution in [0, 0.1) is 0 Å². The van der Waals surface area contributed by atoms with Gasteiger partial charge in [-0.1, -0.05) is 19.9 Å². The predicted molar refractivity (Wildman–Crippen MR) is 73.5 cm³/mol. The fourth-order valence-corrected chi connectivity index (χ4v) is 1.44. The molecule has 0 spiro atoms. The summed E-state index contributed by atoms with van der Waals surface area (Å²) in [6.45, 7) is 5.34. The average Bonchev–Trinajstić information content (AvgIpc) is 2.36. The van der Waals surface area contributed by atoms with Crippen molar-refractivity contribution in [1.82, 2.24) is 15.6 Å². The van der Waals surface area contributed by atoms with Crippen molar-refractivity contribution in [3.63, 3.8) is 0 Å². The van der Waals surface area contributed by atoms with Crippen molar-refractivity contribution in [2.24, 2.45) is 0 Å². The Kier molecular flexibility index (Phi) is 5.58. The first-order chi connectivity index (χ1) is 8.52. The maximum Gasteiger partial charge on any atom is 0.239 e. The zero-order chi connectivity index (χ0) is 13.5. The first-order valence-corrected chi connectivity index (χ1v) is 6.13. The molecule has 0 fully saturated rings. The lowest BCUT2D eigenvalue weighted by Gasteiger charge is -2.17. The third-order valence-electron chi connectivity index (χ3n) is 2.57. The minimum absolute atomic E-state index is 0.0233. The molecular formula is C13H22N4O. The lowest BCUT2D eigenvalue weighted by molar-refractivity contribution is -0.119. The molecule has 1 amide bonds. The fraction of sp³-hybridized carbons (Fsp3) is 0.538. The van der Waals surface area contributed by atoms with Crippen molar-refractivity contribution in [2.45, 2.75) is 26.4 Å². The topological polar surface area (TPSA) is 57.3 Å². The van der Waals surface area contributed by atoms with E-state index in [1.807, 2.05) is 30.3 Å². The van der Waals surface area contributed by atoms with Gasteiger partial charge in [0.15, 0.2) is 0 Å². The number of hydrogen-bond acceptors (Lipinski definition) is 4. The molecule has 0 aliphatic carbocycles. The number of amides is 1. The number of pyridine rings is 1. The molecule has 0 saturated carbocycles. The van der Waals surface area contributed by atoms with Gasteiger partial charge in [0.05, 0.1) is 6.54 Å². The highest BCUT2D eigenvalue weighted by molar-refractivity contribution is 5.80. The molecule has 0 unspecified atom stereocenters. The summed E-state index contributed by atoms with van der Waals surface area (Å²) in [5.74, 6) is 0.775. The summed E-state index contributed by atoms with van der Waals surface area (Å²) >= 11 is 0. The van der Waals surface area contributed by atoms with Crippen LogP contribution < -0.4 is 15.5 Å². The Balaban J connectivity index is 2.56. The minimum atomic E-state index is -0.0233. The number of carbonyl (C=O) groups is 1. The van der Waals surface area contributed by atoms with Crippen molar-refractivity contribution in [3.05, 3.63) is 23.9 Å². The molecule has 2 N–H and O–H groups in total. The summed E-state index contributed by atoms with van der Waals surface area (Å²) < 4.78 is 0. The van der Waals surface area contributed by atoms with Crippen molar-refractivity contribution in [2.75, 3.05) is 25.5 Å². The predicted octanol–water partition coefficient (Wildman–Crippen LogP) is 0.762. The van der Waals surface area contributed by atoms with Crippen LogP contribution in [0.4, 0.5) is 5.82 Å². The van der Waals surface area contributed by atoms with Crippen LogP contribution in [-0.4, -0.2) is 37.6 Å². The third kappa shape index (κ3) is 4.71. The summed E-state index contributed by atoms with van der Waals surface area (Å²) in [7, 11) is 3.48. The van der Waals surface area contributed by atoms with E-state index >= 15 is 0 Å². The monoisotopic (exact) mass is 250 g/mol. The number of aromatic nitrogens is 1. The number of anilines is 1. The Morgan fingerprint density at radius 1 is 1.44 bits per heavy atom. The molecule has 1 aromatic rings. The second-order valence-electron chi connectivity index (χ2n) is 4.59. The van der Waals surface area contributed by atoms with Gasteiger partial charge in [0.1, 0.15) is 5.82 Å². The van der Waals surface area contributed by atoms with Gasteiger partial charge in [0.2, 0.25) is 5.91 Å². The first kappa shape index (κ1) is 14.4. The minimum Gasteiger partial charge on any atom is -0.358 e. The Bertz CT molecular complexity index is 375. The number of hydrogen-bond donors (Lipinski definition) is 2. The van der Waals surface area contributed by atoms with Gasteiger partial charge in [-0.05, 0) is 11.6 Å². The molecule has 0 aliphatic rings. The van der Waals surface area contributed by atoms with Gasteiger partial charge < -0.3 is 15.5 Å². The van der Waals surface area contributed by atoms with Crippen LogP contribution in [0.3, 0.4) is 0 Å². The van der Waals surface area contributed by atoms with Gasteiger partial charge in [0.25, 0.3) is 0 Å². The van der Waals surface area contributed by atoms with E-state index in [2.05, 4.69) is 29.5 Å². The Morgan fingerprint density at radius 2 is 2.17 bits per heavy atom. The van der Waals surface area contributed by atoms with E-state index in [1.165, 1.54) is 0 Å². The van der Waals surface area contributed by atoms with Gasteiger partial charge in [-0.25, -0.2) is 4.98 Å². The molecule has 1 rings (SSSR count). The van der Waals surface area contributed by atoms with E-state index in [9.17, 15) is 4.79 Å². The van der Waals surface area contributed by atoms with Crippen LogP contribution in [0.1, 0.15) is 19.4 Å². The zero-order valence-electron chi connectivity index (χ0n) is 11.5. The van der Waals surface area contributed by atoms with Crippen LogP contribution in [0.5, 0.6) is 0 Å². The number of likely N-dealkylation sites (N-methyl/N-ethyl adjacent to an activating group) is 2. The van der Waals surface area contributed by atoms with E-state index in [0.29, 0.717) is 12.6 Å². The summed E-state index contributed by atoms with van der Waals surface area (Å²) in [5, 5.41) is 5.93. The van der Waals surface area contributed by atoms with E-state index in [0.717, 1.165) is 17.9 Å². The molecular weight excluding hydrogens is 228 g/mol. The standard InChI is InChI=1S/C13H22N4O/c1-10(2)15-7-11-5-6-12(16-8-11)17(4)9-13(18)14-3/h5-6,8,10,15H,7,9H2,1-4H3,(H,14,18). The SMILES string of the molecule is CNC(=O)CN(C)c1ccc(CNC(C)C)cn1. The number of rotatable bonds is 6. The lowest BCUT2D eigenvalue weighted by Crippen LogP contribution is -2.33. The van der Waals surface area contributed by atoms with Crippen LogP contribution >= 0.6 is 0 Å². The lowest BCUT2D eigenvalue weighted by atomic mass is 10.2. The van der Waals surface area contributed by atoms with Gasteiger partial charge in [-0.2, -0.15) is 0 Å². The van der Waals surface area contributed by atoms with Crippen molar-refractivity contribution in [1.29, 1.82) is 0 Å². The smallest absolute Gasteiger partial charge is 0.239 e. The van der Waals surface area contributed by atoms with Crippen molar-refractivity contribution < 1.29 is 4.79 Å². The number of nitrogens with one attached hydrogen (secondary N) is 2. The van der Waals surface area contributed by atoms with Crippen LogP contribution in [0.2, 0.25) is 0 Å². The highest BCUT2D eigenvalue weighted by Crippen LogP contribution is 2.09. The Morgan fingerprint density at radius 3 is 2.67 bits per heavy atom. The van der Waals surface area contributed by atoms with E-state index in [4.69, 9.17) is 0 Å². The van der Waals surface area contributed by atoms with Crippen LogP contribution in [0.15, 0.2) is 18.3 Å². The second kappa shape index (κ2) is 6.96. The quantitative estimate of drug-likeness (QED) is 0.782. The molecule has 0 radical (unpaired) electrons. The normalized spacial score (nSPS) is 10.5. The Labute approximate surface area is 109 Å². The van der Waals surface area contributed by atoms with Gasteiger partial charge in [-0.15, -0.1) is 0 Å². The largest absolute Gasteiger partial charge is 0.358 e. The van der Waals surface area contributed by atoms with Gasteiger partial charge in [0, 0.05) is 32.9 Å². The maximum absolute atomic E-state index is 11.2. The molecule has 100 valence electrons. The summed E-state index contributed by atoms with van der Waals surface area (Å²) in [5.41, 5.74) is 1.14. The molecule has 0 saturated heterocycles. The Hall–Kier alpha value is -1.62. The number of nitrogens with zero attached hydrogens (tertiary/aromatic N) is 2. The van der Waals surface area contributed by atoms with Gasteiger partial charge >= 0.3 is 0 Å². The fourth-order valence-electron chi connectivity index (χ4n) is 1.44. The molecule has 0 bridgehead atoms. The molecule has 5 nitrogen and oxygen atoms in total. The molecule has 0 aliphatic heterocycles. The first-order valence-electron chi connectivity index (χ1n) is 6.13. The van der Waals surface area contributed by atoms with E-state index in [1.54, 1.807) is 7.05 Å². The summed E-state index contributed by atoms with van der Waals surface area (Å²) in [4.78, 5) is 17.4. The van der Waals surface area contributed by atoms with E-state index in [-0.39, 0.29) is 5.91 Å². The second-order valence-corrected chi connectivity index (χ2v) is 4.59. The highest BCUT2D eigenvalue weighted by Gasteiger charge is 2.06. The molecule has 0 atom stereocenters. The third-order valence-corrected chi connectivity index (χ3v) is 2.57. The molecule has 18 heavy (non-hydrogen) atoms. The summed E-state index contributed by atoms with van der Waals surface area (Å²) in [6, 6.07) is 4.42. The molecule has 0 aromatic carbocycles. The average molecular weight is 250 g/mol. The zero-order valence-corrected chi connectivity index (χ0v) is 11.5. The van der Waals surface area contributed by atoms with Crippen LogP contribution in [0.25, 0.3) is 0 Å². The molecule has 1 heterocycles. The number of carbonyl (C=O) groups excluding carboxylic acids is 1. The van der Waals surface area contributed by atoms with Crippen LogP contribution in [-0.2, 0) is 11.3 Å². The highest BCUT2D eigenvalue weighted by atomic mass is 16.1. The van der Waals surface area contributed by atoms with Crippen molar-refractivity contribution >= 4 is 11.7 Å². The van der Waals surface area contributed by atoms with Crippen molar-refractivity contribution in [3.8, 4) is 0 Å². The van der Waals surface area contributed by atoms with E-state index < -0.39 is 0 Å². The van der Waals surface area contributed by atoms with Gasteiger partial charge in [-0.3, -0.25) is 4.79 Å². The molecule has 5 heteroatoms.